The molecule has 0 bridgehead atoms. The molecule has 3 aliphatic carbocycles. The van der Waals surface area contributed by atoms with Gasteiger partial charge in [-0.2, -0.15) is 0 Å². The highest BCUT2D eigenvalue weighted by Crippen LogP contribution is 2.72. The molecule has 0 aliphatic heterocycles. The van der Waals surface area contributed by atoms with Crippen LogP contribution in [0.5, 0.6) is 0 Å². The fourth-order valence-corrected chi connectivity index (χ4v) is 14.3. The summed E-state index contributed by atoms with van der Waals surface area (Å²) in [5, 5.41) is 2.56. The zero-order valence-corrected chi connectivity index (χ0v) is 42.9. The van der Waals surface area contributed by atoms with Gasteiger partial charge in [-0.25, -0.2) is 0 Å². The van der Waals surface area contributed by atoms with Crippen LogP contribution in [0.4, 0.5) is 0 Å². The highest BCUT2D eigenvalue weighted by Gasteiger charge is 2.62. The van der Waals surface area contributed by atoms with E-state index in [-0.39, 0.29) is 0 Å². The van der Waals surface area contributed by atoms with Crippen LogP contribution in [0.25, 0.3) is 99.8 Å². The average molecular weight is 987 g/mol. The number of hydrogen-bond donors (Lipinski definition) is 0. The van der Waals surface area contributed by atoms with E-state index in [0.29, 0.717) is 0 Å². The normalized spacial score (nSPS) is 16.1. The third-order valence-corrected chi connectivity index (χ3v) is 17.6. The first kappa shape index (κ1) is 44.4. The van der Waals surface area contributed by atoms with Gasteiger partial charge in [0.2, 0.25) is 0 Å². The summed E-state index contributed by atoms with van der Waals surface area (Å²) in [6, 6.07) is 114. The molecule has 0 amide bonds. The van der Waals surface area contributed by atoms with E-state index in [9.17, 15) is 0 Å². The van der Waals surface area contributed by atoms with Gasteiger partial charge in [-0.15, -0.1) is 0 Å². The molecule has 3 aliphatic rings. The first-order valence-corrected chi connectivity index (χ1v) is 27.3. The lowest BCUT2D eigenvalue weighted by atomic mass is 9.52. The minimum Gasteiger partial charge on any atom is -0.0622 e. The molecule has 16 rings (SSSR count). The highest BCUT2D eigenvalue weighted by molar-refractivity contribution is 6.16. The number of rotatable bonds is 8. The van der Waals surface area contributed by atoms with E-state index in [4.69, 9.17) is 0 Å². The minimum absolute atomic E-state index is 0.691. The molecule has 0 N–H and O–H groups in total. The summed E-state index contributed by atoms with van der Waals surface area (Å²) in [4.78, 5) is 0. The molecular weight excluding hydrogens is 937 g/mol. The molecule has 0 heteroatoms. The quantitative estimate of drug-likeness (QED) is 0.142. The van der Waals surface area contributed by atoms with E-state index in [2.05, 4.69) is 303 Å². The summed E-state index contributed by atoms with van der Waals surface area (Å²) in [5.41, 5.74) is 28.9. The standard InChI is InChI=1S/C78H50/c1-6-20-51(21-7-1)55-34-36-59(37-35-55)67-50-72-68(49-66(67)58-28-14-5-15-29-58)74-64-31-17-16-30-63(64)73-65-47-42-60(54-26-12-4-13-27-54)48-71(65)77(61-43-38-56(39-44-61)52-22-8-2-9-23-52)69-32-18-19-33-70(69)78(72,76(74)75(73)77)62-45-40-57(41-46-62)53-24-10-3-11-25-53/h1-50H. The molecule has 0 saturated heterocycles. The molecule has 0 radical (unpaired) electrons. The van der Waals surface area contributed by atoms with Crippen LogP contribution in [0.15, 0.2) is 303 Å². The van der Waals surface area contributed by atoms with Gasteiger partial charge in [0, 0.05) is 0 Å². The van der Waals surface area contributed by atoms with Crippen molar-refractivity contribution < 1.29 is 0 Å². The monoisotopic (exact) mass is 986 g/mol. The molecule has 0 aromatic heterocycles. The van der Waals surface area contributed by atoms with Crippen LogP contribution in [0.1, 0.15) is 44.5 Å². The number of benzene rings is 13. The Morgan fingerprint density at radius 3 is 0.949 bits per heavy atom. The maximum Gasteiger partial charge on any atom is 0.0720 e. The van der Waals surface area contributed by atoms with Crippen LogP contribution in [0, 0.1) is 0 Å². The summed E-state index contributed by atoms with van der Waals surface area (Å²) in [6.07, 6.45) is 0. The molecule has 13 aromatic rings. The summed E-state index contributed by atoms with van der Waals surface area (Å²) >= 11 is 0. The minimum atomic E-state index is -0.726. The van der Waals surface area contributed by atoms with Crippen molar-refractivity contribution in [2.75, 3.05) is 0 Å². The maximum absolute atomic E-state index is 2.61. The van der Waals surface area contributed by atoms with E-state index >= 15 is 0 Å². The van der Waals surface area contributed by atoms with Crippen LogP contribution in [0.3, 0.4) is 0 Å². The van der Waals surface area contributed by atoms with Gasteiger partial charge in [-0.1, -0.05) is 285 Å². The third kappa shape index (κ3) is 6.29. The molecular formula is C78H50. The zero-order chi connectivity index (χ0) is 51.4. The van der Waals surface area contributed by atoms with Crippen molar-refractivity contribution in [1.29, 1.82) is 0 Å². The number of hydrogen-bond acceptors (Lipinski definition) is 0. The van der Waals surface area contributed by atoms with Crippen molar-refractivity contribution in [3.63, 3.8) is 0 Å². The Morgan fingerprint density at radius 1 is 0.179 bits per heavy atom. The van der Waals surface area contributed by atoms with E-state index in [1.165, 1.54) is 144 Å². The molecule has 0 fully saturated rings. The van der Waals surface area contributed by atoms with Gasteiger partial charge in [0.25, 0.3) is 0 Å². The largest absolute Gasteiger partial charge is 0.0720 e. The topological polar surface area (TPSA) is 0 Å². The Labute approximate surface area is 455 Å². The van der Waals surface area contributed by atoms with Gasteiger partial charge in [0.1, 0.15) is 0 Å². The van der Waals surface area contributed by atoms with E-state index < -0.39 is 10.8 Å². The Balaban J connectivity index is 1.07. The van der Waals surface area contributed by atoms with Gasteiger partial charge in [-0.3, -0.25) is 0 Å². The van der Waals surface area contributed by atoms with Crippen LogP contribution < -0.4 is 0 Å². The first-order valence-electron chi connectivity index (χ1n) is 27.3. The van der Waals surface area contributed by atoms with Crippen LogP contribution in [0.2, 0.25) is 0 Å². The maximum atomic E-state index is 2.61. The van der Waals surface area contributed by atoms with Crippen LogP contribution in [-0.2, 0) is 10.8 Å². The van der Waals surface area contributed by atoms with Crippen LogP contribution in [-0.4, -0.2) is 0 Å². The van der Waals surface area contributed by atoms with E-state index in [1.807, 2.05) is 0 Å². The summed E-state index contributed by atoms with van der Waals surface area (Å²) in [5.74, 6) is 0. The molecule has 0 spiro atoms. The molecule has 78 heavy (non-hydrogen) atoms. The Kier molecular flexibility index (Phi) is 9.87. The van der Waals surface area contributed by atoms with Crippen molar-refractivity contribution in [1.82, 2.24) is 0 Å². The molecule has 0 heterocycles. The van der Waals surface area contributed by atoms with E-state index in [1.54, 1.807) is 0 Å². The molecule has 362 valence electrons. The molecule has 13 aromatic carbocycles. The second-order valence-electron chi connectivity index (χ2n) is 21.4. The second-order valence-corrected chi connectivity index (χ2v) is 21.4. The van der Waals surface area contributed by atoms with Gasteiger partial charge in [0.15, 0.2) is 0 Å². The van der Waals surface area contributed by atoms with Crippen molar-refractivity contribution in [2.24, 2.45) is 0 Å². The summed E-state index contributed by atoms with van der Waals surface area (Å²) in [6.45, 7) is 0. The highest BCUT2D eigenvalue weighted by atomic mass is 14.6. The molecule has 2 atom stereocenters. The van der Waals surface area contributed by atoms with Gasteiger partial charge in [0.05, 0.1) is 10.8 Å². The zero-order valence-electron chi connectivity index (χ0n) is 42.9. The van der Waals surface area contributed by atoms with Crippen molar-refractivity contribution in [3.8, 4) is 89.0 Å². The SMILES string of the molecule is c1ccc(-c2ccc(-c3cc4c(cc3-c3ccccc3)-c3c5c6c(c7ccccc37)-c3ccc(-c7ccccc7)cc3C6(c3ccc(-c6ccccc6)cc3)c3ccccc3C45c3ccc(-c4ccccc4)cc3)cc2)cc1. The lowest BCUT2D eigenvalue weighted by molar-refractivity contribution is 0.640. The summed E-state index contributed by atoms with van der Waals surface area (Å²) < 4.78 is 0. The second kappa shape index (κ2) is 17.3. The van der Waals surface area contributed by atoms with Crippen molar-refractivity contribution >= 4 is 10.8 Å². The van der Waals surface area contributed by atoms with Crippen molar-refractivity contribution in [2.45, 2.75) is 10.8 Å². The lowest BCUT2D eigenvalue weighted by Gasteiger charge is -2.48. The first-order chi connectivity index (χ1) is 38.7. The average Bonchev–Trinajstić information content (AvgIpc) is 2.43. The molecule has 0 saturated carbocycles. The summed E-state index contributed by atoms with van der Waals surface area (Å²) in [7, 11) is 0. The lowest BCUT2D eigenvalue weighted by Crippen LogP contribution is -2.43. The molecule has 0 nitrogen and oxygen atoms in total. The fourth-order valence-electron chi connectivity index (χ4n) is 14.3. The van der Waals surface area contributed by atoms with Crippen molar-refractivity contribution in [3.05, 3.63) is 348 Å². The third-order valence-electron chi connectivity index (χ3n) is 17.6. The number of fused-ring (bicyclic) bond motifs is 12. The van der Waals surface area contributed by atoms with Gasteiger partial charge < -0.3 is 0 Å². The Hall–Kier alpha value is -9.88. The Bertz CT molecular complexity index is 4460. The predicted molar refractivity (Wildman–Crippen MR) is 325 cm³/mol. The smallest absolute Gasteiger partial charge is 0.0622 e. The van der Waals surface area contributed by atoms with Gasteiger partial charge >= 0.3 is 0 Å². The van der Waals surface area contributed by atoms with Gasteiger partial charge in [-0.05, 0) is 162 Å². The fraction of sp³-hybridized carbons (Fsp3) is 0.0256. The predicted octanol–water partition coefficient (Wildman–Crippen LogP) is 19.9. The van der Waals surface area contributed by atoms with E-state index in [0.717, 1.165) is 0 Å². The van der Waals surface area contributed by atoms with Crippen LogP contribution >= 0.6 is 0 Å². The Morgan fingerprint density at radius 2 is 0.487 bits per heavy atom. The molecule has 2 unspecified atom stereocenters.